The number of nitrogens with one attached hydrogen (secondary N) is 1. The van der Waals surface area contributed by atoms with E-state index in [0.29, 0.717) is 24.4 Å². The van der Waals surface area contributed by atoms with Gasteiger partial charge in [-0.2, -0.15) is 0 Å². The summed E-state index contributed by atoms with van der Waals surface area (Å²) in [4.78, 5) is 28.5. The van der Waals surface area contributed by atoms with Gasteiger partial charge in [-0.1, -0.05) is 30.3 Å². The van der Waals surface area contributed by atoms with E-state index in [9.17, 15) is 14.7 Å². The molecule has 1 heterocycles. The molecule has 29 heavy (non-hydrogen) atoms. The number of rotatable bonds is 6. The van der Waals surface area contributed by atoms with Gasteiger partial charge in [-0.3, -0.25) is 9.59 Å². The molecule has 1 aliphatic heterocycles. The van der Waals surface area contributed by atoms with Gasteiger partial charge in [0, 0.05) is 5.56 Å². The average molecular weight is 395 g/mol. The molecule has 1 amide bonds. The fraction of sp³-hybridized carbons (Fsp3) is 0.304. The molecule has 0 radical (unpaired) electrons. The highest BCUT2D eigenvalue weighted by Crippen LogP contribution is 2.39. The Morgan fingerprint density at radius 1 is 1.14 bits per heavy atom. The normalized spacial score (nSPS) is 18.5. The minimum absolute atomic E-state index is 0.128. The van der Waals surface area contributed by atoms with E-state index in [1.165, 1.54) is 4.90 Å². The van der Waals surface area contributed by atoms with E-state index in [-0.39, 0.29) is 11.3 Å². The number of quaternary nitrogens is 1. The van der Waals surface area contributed by atoms with Crippen molar-refractivity contribution >= 4 is 17.4 Å². The van der Waals surface area contributed by atoms with Gasteiger partial charge < -0.3 is 19.6 Å². The lowest BCUT2D eigenvalue weighted by atomic mass is 9.94. The number of likely N-dealkylation sites (N-methyl/N-ethyl adjacent to an activating group) is 1. The maximum atomic E-state index is 13.0. The smallest absolute Gasteiger partial charge is 0.295 e. The largest absolute Gasteiger partial charge is 0.507 e. The third-order valence-electron chi connectivity index (χ3n) is 5.20. The van der Waals surface area contributed by atoms with Crippen LogP contribution in [0.25, 0.3) is 5.76 Å². The van der Waals surface area contributed by atoms with Gasteiger partial charge in [0.25, 0.3) is 11.7 Å². The Morgan fingerprint density at radius 2 is 1.83 bits per heavy atom. The topological polar surface area (TPSA) is 71.3 Å². The molecule has 3 rings (SSSR count). The number of likely N-dealkylation sites (tertiary alicyclic amines) is 1. The number of carbonyl (C=O) groups is 2. The first-order valence-corrected chi connectivity index (χ1v) is 9.62. The number of amides is 1. The SMILES string of the molecule is COc1ccc(C(O)=C2C(=O)C(=O)N(CC[NH+](C)C)C2c2ccccc2)c(C)c1. The number of nitrogens with zero attached hydrogens (tertiary/aromatic N) is 1. The average Bonchev–Trinajstić information content (AvgIpc) is 2.97. The minimum Gasteiger partial charge on any atom is -0.507 e. The molecule has 6 nitrogen and oxygen atoms in total. The van der Waals surface area contributed by atoms with Crippen LogP contribution in [0, 0.1) is 6.92 Å². The van der Waals surface area contributed by atoms with Crippen LogP contribution in [0.15, 0.2) is 54.1 Å². The molecule has 2 N–H and O–H groups in total. The van der Waals surface area contributed by atoms with Crippen molar-refractivity contribution in [1.82, 2.24) is 4.90 Å². The summed E-state index contributed by atoms with van der Waals surface area (Å²) in [6, 6.07) is 14.0. The quantitative estimate of drug-likeness (QED) is 0.443. The van der Waals surface area contributed by atoms with Gasteiger partial charge in [0.15, 0.2) is 0 Å². The summed E-state index contributed by atoms with van der Waals surface area (Å²) in [7, 11) is 5.56. The van der Waals surface area contributed by atoms with Crippen LogP contribution in [0.3, 0.4) is 0 Å². The van der Waals surface area contributed by atoms with Crippen molar-refractivity contribution in [3.05, 3.63) is 70.8 Å². The summed E-state index contributed by atoms with van der Waals surface area (Å²) in [5.74, 6) is -0.724. The van der Waals surface area contributed by atoms with Crippen LogP contribution in [0.5, 0.6) is 5.75 Å². The number of aliphatic hydroxyl groups is 1. The summed E-state index contributed by atoms with van der Waals surface area (Å²) in [5.41, 5.74) is 2.21. The van der Waals surface area contributed by atoms with Gasteiger partial charge in [-0.25, -0.2) is 0 Å². The van der Waals surface area contributed by atoms with E-state index in [4.69, 9.17) is 4.74 Å². The van der Waals surface area contributed by atoms with Crippen LogP contribution in [-0.2, 0) is 9.59 Å². The van der Waals surface area contributed by atoms with E-state index in [1.54, 1.807) is 30.2 Å². The number of benzene rings is 2. The first kappa shape index (κ1) is 20.6. The van der Waals surface area contributed by atoms with Gasteiger partial charge >= 0.3 is 0 Å². The number of aryl methyl sites for hydroxylation is 1. The third kappa shape index (κ3) is 4.03. The van der Waals surface area contributed by atoms with Crippen molar-refractivity contribution in [2.75, 3.05) is 34.3 Å². The van der Waals surface area contributed by atoms with Gasteiger partial charge in [0.2, 0.25) is 0 Å². The number of aliphatic hydroxyl groups excluding tert-OH is 1. The minimum atomic E-state index is -0.652. The fourth-order valence-electron chi connectivity index (χ4n) is 3.61. The van der Waals surface area contributed by atoms with E-state index in [2.05, 4.69) is 0 Å². The highest BCUT2D eigenvalue weighted by Gasteiger charge is 2.46. The number of ketones is 1. The predicted molar refractivity (Wildman–Crippen MR) is 111 cm³/mol. The highest BCUT2D eigenvalue weighted by atomic mass is 16.5. The molecule has 152 valence electrons. The molecule has 1 atom stereocenters. The zero-order valence-electron chi connectivity index (χ0n) is 17.2. The molecule has 1 unspecified atom stereocenters. The summed E-state index contributed by atoms with van der Waals surface area (Å²) in [5, 5.41) is 11.1. The molecule has 1 aliphatic rings. The van der Waals surface area contributed by atoms with Crippen molar-refractivity contribution in [1.29, 1.82) is 0 Å². The molecule has 2 aromatic rings. The Labute approximate surface area is 171 Å². The predicted octanol–water partition coefficient (Wildman–Crippen LogP) is 1.57. The maximum Gasteiger partial charge on any atom is 0.295 e. The van der Waals surface area contributed by atoms with Crippen LogP contribution >= 0.6 is 0 Å². The Bertz CT molecular complexity index is 951. The van der Waals surface area contributed by atoms with E-state index < -0.39 is 17.7 Å². The second-order valence-electron chi connectivity index (χ2n) is 7.54. The number of carbonyl (C=O) groups excluding carboxylic acids is 2. The number of ether oxygens (including phenoxy) is 1. The highest BCUT2D eigenvalue weighted by molar-refractivity contribution is 6.46. The fourth-order valence-corrected chi connectivity index (χ4v) is 3.61. The Morgan fingerprint density at radius 3 is 2.41 bits per heavy atom. The van der Waals surface area contributed by atoms with Crippen LogP contribution in [0.1, 0.15) is 22.7 Å². The van der Waals surface area contributed by atoms with E-state index >= 15 is 0 Å². The second kappa shape index (κ2) is 8.49. The molecule has 1 fully saturated rings. The molecule has 2 aromatic carbocycles. The Kier molecular flexibility index (Phi) is 6.03. The van der Waals surface area contributed by atoms with E-state index in [0.717, 1.165) is 11.1 Å². The van der Waals surface area contributed by atoms with Crippen molar-refractivity contribution < 1.29 is 24.3 Å². The zero-order chi connectivity index (χ0) is 21.1. The zero-order valence-corrected chi connectivity index (χ0v) is 17.2. The van der Waals surface area contributed by atoms with Crippen molar-refractivity contribution in [2.45, 2.75) is 13.0 Å². The van der Waals surface area contributed by atoms with Crippen LogP contribution in [0.4, 0.5) is 0 Å². The standard InChI is InChI=1S/C23H26N2O4/c1-15-14-17(29-4)10-11-18(15)21(26)19-20(16-8-6-5-7-9-16)25(13-12-24(2)3)23(28)22(19)27/h5-11,14,20,26H,12-13H2,1-4H3/p+1. The van der Waals surface area contributed by atoms with Crippen molar-refractivity contribution in [3.8, 4) is 5.75 Å². The van der Waals surface area contributed by atoms with Gasteiger partial charge in [-0.05, 0) is 36.2 Å². The lowest BCUT2D eigenvalue weighted by Gasteiger charge is -2.25. The van der Waals surface area contributed by atoms with Gasteiger partial charge in [0.05, 0.1) is 45.9 Å². The second-order valence-corrected chi connectivity index (χ2v) is 7.54. The Balaban J connectivity index is 2.15. The van der Waals surface area contributed by atoms with E-state index in [1.807, 2.05) is 51.4 Å². The van der Waals surface area contributed by atoms with Crippen molar-refractivity contribution in [3.63, 3.8) is 0 Å². The maximum absolute atomic E-state index is 13.0. The number of hydrogen-bond donors (Lipinski definition) is 2. The monoisotopic (exact) mass is 395 g/mol. The van der Waals surface area contributed by atoms with Crippen molar-refractivity contribution in [2.24, 2.45) is 0 Å². The summed E-state index contributed by atoms with van der Waals surface area (Å²) < 4.78 is 5.23. The number of hydrogen-bond acceptors (Lipinski definition) is 4. The number of Topliss-reactive ketones (excluding diaryl/α,β-unsaturated/α-hetero) is 1. The first-order chi connectivity index (χ1) is 13.8. The van der Waals surface area contributed by atoms with Crippen LogP contribution < -0.4 is 9.64 Å². The first-order valence-electron chi connectivity index (χ1n) is 9.62. The molecule has 6 heteroatoms. The third-order valence-corrected chi connectivity index (χ3v) is 5.20. The van der Waals surface area contributed by atoms with Crippen LogP contribution in [-0.4, -0.2) is 56.0 Å². The van der Waals surface area contributed by atoms with Gasteiger partial charge in [-0.15, -0.1) is 0 Å². The summed E-state index contributed by atoms with van der Waals surface area (Å²) in [6.07, 6.45) is 0. The molecule has 0 bridgehead atoms. The Hall–Kier alpha value is -3.12. The summed E-state index contributed by atoms with van der Waals surface area (Å²) >= 11 is 0. The molecule has 0 aromatic heterocycles. The molecular formula is C23H27N2O4+. The van der Waals surface area contributed by atoms with Gasteiger partial charge in [0.1, 0.15) is 11.5 Å². The molecular weight excluding hydrogens is 368 g/mol. The molecule has 0 aliphatic carbocycles. The molecule has 1 saturated heterocycles. The lowest BCUT2D eigenvalue weighted by molar-refractivity contribution is -0.857. The lowest BCUT2D eigenvalue weighted by Crippen LogP contribution is -3.06. The summed E-state index contributed by atoms with van der Waals surface area (Å²) in [6.45, 7) is 2.95. The van der Waals surface area contributed by atoms with Crippen LogP contribution in [0.2, 0.25) is 0 Å². The molecule has 0 saturated carbocycles. The number of methoxy groups -OCH3 is 1. The molecule has 0 spiro atoms.